The van der Waals surface area contributed by atoms with Gasteiger partial charge in [-0.25, -0.2) is 22.3 Å². The average Bonchev–Trinajstić information content (AvgIpc) is 2.95. The number of nitrogens with one attached hydrogen (secondary N) is 1. The number of halogens is 2. The smallest absolute Gasteiger partial charge is 0.414 e. The van der Waals surface area contributed by atoms with Gasteiger partial charge in [0, 0.05) is 17.3 Å². The Labute approximate surface area is 149 Å². The van der Waals surface area contributed by atoms with E-state index in [1.807, 2.05) is 0 Å². The number of amides is 1. The molecule has 1 saturated heterocycles. The Morgan fingerprint density at radius 2 is 1.80 bits per heavy atom. The molecule has 6 nitrogen and oxygen atoms in total. The standard InChI is InChI=1S/C16H14ClFN2O4S/c17-11-1-7-15(8-2-11)25(22,23)19-9-14-10-20(16(21)24-14)13-5-3-12(18)4-6-13/h1-8,14,19H,9-10H2. The van der Waals surface area contributed by atoms with Crippen molar-refractivity contribution < 1.29 is 22.3 Å². The molecule has 1 fully saturated rings. The Kier molecular flexibility index (Phi) is 4.94. The molecule has 1 N–H and O–H groups in total. The molecule has 1 aliphatic rings. The summed E-state index contributed by atoms with van der Waals surface area (Å²) in [5, 5.41) is 0.429. The van der Waals surface area contributed by atoms with Gasteiger partial charge >= 0.3 is 6.09 Å². The third-order valence-corrected chi connectivity index (χ3v) is 5.33. The second-order valence-corrected chi connectivity index (χ2v) is 7.60. The number of cyclic esters (lactones) is 1. The molecule has 0 aliphatic carbocycles. The minimum absolute atomic E-state index is 0.0663. The highest BCUT2D eigenvalue weighted by molar-refractivity contribution is 7.89. The van der Waals surface area contributed by atoms with Crippen molar-refractivity contribution >= 4 is 33.4 Å². The van der Waals surface area contributed by atoms with Gasteiger partial charge in [0.15, 0.2) is 0 Å². The fourth-order valence-electron chi connectivity index (χ4n) is 2.36. The molecule has 25 heavy (non-hydrogen) atoms. The maximum Gasteiger partial charge on any atom is 0.414 e. The van der Waals surface area contributed by atoms with Gasteiger partial charge in [-0.3, -0.25) is 4.90 Å². The van der Waals surface area contributed by atoms with Crippen LogP contribution < -0.4 is 9.62 Å². The molecule has 3 rings (SSSR count). The van der Waals surface area contributed by atoms with Crippen molar-refractivity contribution in [3.05, 3.63) is 59.4 Å². The van der Waals surface area contributed by atoms with Crippen LogP contribution in [0.3, 0.4) is 0 Å². The van der Waals surface area contributed by atoms with Crippen molar-refractivity contribution in [3.63, 3.8) is 0 Å². The van der Waals surface area contributed by atoms with Gasteiger partial charge in [0.1, 0.15) is 11.9 Å². The van der Waals surface area contributed by atoms with Crippen LogP contribution in [0, 0.1) is 5.82 Å². The molecule has 9 heteroatoms. The van der Waals surface area contributed by atoms with Crippen molar-refractivity contribution in [1.29, 1.82) is 0 Å². The van der Waals surface area contributed by atoms with Crippen LogP contribution in [-0.2, 0) is 14.8 Å². The van der Waals surface area contributed by atoms with Crippen molar-refractivity contribution in [2.75, 3.05) is 18.0 Å². The van der Waals surface area contributed by atoms with Crippen LogP contribution >= 0.6 is 11.6 Å². The quantitative estimate of drug-likeness (QED) is 0.860. The monoisotopic (exact) mass is 384 g/mol. The Morgan fingerprint density at radius 3 is 2.44 bits per heavy atom. The molecule has 0 radical (unpaired) electrons. The van der Waals surface area contributed by atoms with Crippen LogP contribution in [0.1, 0.15) is 0 Å². The van der Waals surface area contributed by atoms with E-state index in [1.165, 1.54) is 53.4 Å². The first-order valence-corrected chi connectivity index (χ1v) is 9.20. The van der Waals surface area contributed by atoms with Crippen LogP contribution in [0.4, 0.5) is 14.9 Å². The molecule has 2 aromatic rings. The molecule has 0 aromatic heterocycles. The van der Waals surface area contributed by atoms with Crippen LogP contribution in [0.25, 0.3) is 0 Å². The Bertz CT molecular complexity index is 872. The van der Waals surface area contributed by atoms with Gasteiger partial charge in [-0.2, -0.15) is 0 Å². The van der Waals surface area contributed by atoms with Crippen LogP contribution in [-0.4, -0.2) is 33.7 Å². The maximum atomic E-state index is 13.0. The lowest BCUT2D eigenvalue weighted by atomic mass is 10.2. The lowest BCUT2D eigenvalue weighted by Crippen LogP contribution is -2.34. The first kappa shape index (κ1) is 17.7. The fourth-order valence-corrected chi connectivity index (χ4v) is 3.55. The van der Waals surface area contributed by atoms with E-state index in [9.17, 15) is 17.6 Å². The molecule has 0 bridgehead atoms. The van der Waals surface area contributed by atoms with Crippen LogP contribution in [0.2, 0.25) is 5.02 Å². The summed E-state index contributed by atoms with van der Waals surface area (Å²) in [5.41, 5.74) is 0.481. The fraction of sp³-hybridized carbons (Fsp3) is 0.188. The lowest BCUT2D eigenvalue weighted by Gasteiger charge is -2.13. The lowest BCUT2D eigenvalue weighted by molar-refractivity contribution is 0.143. The number of nitrogens with zero attached hydrogens (tertiary/aromatic N) is 1. The molecule has 0 spiro atoms. The molecular weight excluding hydrogens is 371 g/mol. The normalized spacial score (nSPS) is 17.6. The van der Waals surface area contributed by atoms with Crippen molar-refractivity contribution in [1.82, 2.24) is 4.72 Å². The number of ether oxygens (including phenoxy) is 1. The number of benzene rings is 2. The number of anilines is 1. The van der Waals surface area contributed by atoms with Gasteiger partial charge in [-0.05, 0) is 48.5 Å². The summed E-state index contributed by atoms with van der Waals surface area (Å²) < 4.78 is 45.0. The number of carbonyl (C=O) groups is 1. The van der Waals surface area contributed by atoms with Crippen LogP contribution in [0.15, 0.2) is 53.4 Å². The predicted octanol–water partition coefficient (Wildman–Crippen LogP) is 2.78. The zero-order valence-corrected chi connectivity index (χ0v) is 14.4. The SMILES string of the molecule is O=C1OC(CNS(=O)(=O)c2ccc(Cl)cc2)CN1c1ccc(F)cc1. The number of sulfonamides is 1. The van der Waals surface area contributed by atoms with E-state index < -0.39 is 28.0 Å². The average molecular weight is 385 g/mol. The van der Waals surface area contributed by atoms with Crippen molar-refractivity contribution in [3.8, 4) is 0 Å². The summed E-state index contributed by atoms with van der Waals surface area (Å²) >= 11 is 5.74. The van der Waals surface area contributed by atoms with Crippen molar-refractivity contribution in [2.24, 2.45) is 0 Å². The highest BCUT2D eigenvalue weighted by Gasteiger charge is 2.33. The molecule has 2 aromatic carbocycles. The Hall–Kier alpha value is -2.16. The first-order valence-electron chi connectivity index (χ1n) is 7.34. The molecule has 1 aliphatic heterocycles. The summed E-state index contributed by atoms with van der Waals surface area (Å²) in [6.45, 7) is 0.0853. The third kappa shape index (κ3) is 4.09. The van der Waals surface area contributed by atoms with E-state index in [-0.39, 0.29) is 18.0 Å². The highest BCUT2D eigenvalue weighted by Crippen LogP contribution is 2.22. The topological polar surface area (TPSA) is 75.7 Å². The van der Waals surface area contributed by atoms with E-state index in [4.69, 9.17) is 16.3 Å². The summed E-state index contributed by atoms with van der Waals surface area (Å²) in [6.07, 6.45) is -1.26. The zero-order chi connectivity index (χ0) is 18.0. The number of carbonyl (C=O) groups excluding carboxylic acids is 1. The van der Waals surface area contributed by atoms with Gasteiger partial charge in [0.05, 0.1) is 11.4 Å². The van der Waals surface area contributed by atoms with Gasteiger partial charge in [0.25, 0.3) is 0 Å². The van der Waals surface area contributed by atoms with E-state index >= 15 is 0 Å². The Morgan fingerprint density at radius 1 is 1.16 bits per heavy atom. The molecule has 1 amide bonds. The molecule has 1 unspecified atom stereocenters. The molecule has 0 saturated carbocycles. The largest absolute Gasteiger partial charge is 0.443 e. The van der Waals surface area contributed by atoms with Gasteiger partial charge in [0.2, 0.25) is 10.0 Å². The maximum absolute atomic E-state index is 13.0. The van der Waals surface area contributed by atoms with E-state index in [0.29, 0.717) is 10.7 Å². The summed E-state index contributed by atoms with van der Waals surface area (Å²) in [7, 11) is -3.74. The minimum Gasteiger partial charge on any atom is -0.443 e. The number of hydrogen-bond donors (Lipinski definition) is 1. The predicted molar refractivity (Wildman–Crippen MR) is 90.7 cm³/mol. The molecule has 1 atom stereocenters. The van der Waals surface area contributed by atoms with Crippen LogP contribution in [0.5, 0.6) is 0 Å². The van der Waals surface area contributed by atoms with Crippen molar-refractivity contribution in [2.45, 2.75) is 11.0 Å². The second kappa shape index (κ2) is 6.99. The third-order valence-electron chi connectivity index (χ3n) is 3.64. The summed E-state index contributed by atoms with van der Waals surface area (Å²) in [4.78, 5) is 13.3. The number of rotatable bonds is 5. The van der Waals surface area contributed by atoms with Gasteiger partial charge < -0.3 is 4.74 Å². The first-order chi connectivity index (χ1) is 11.8. The van der Waals surface area contributed by atoms with E-state index in [1.54, 1.807) is 0 Å². The summed E-state index contributed by atoms with van der Waals surface area (Å²) in [6, 6.07) is 11.1. The molecular formula is C16H14ClFN2O4S. The molecule has 1 heterocycles. The Balaban J connectivity index is 1.63. The van der Waals surface area contributed by atoms with Gasteiger partial charge in [-0.1, -0.05) is 11.6 Å². The van der Waals surface area contributed by atoms with E-state index in [2.05, 4.69) is 4.72 Å². The minimum atomic E-state index is -3.74. The highest BCUT2D eigenvalue weighted by atomic mass is 35.5. The van der Waals surface area contributed by atoms with E-state index in [0.717, 1.165) is 0 Å². The second-order valence-electron chi connectivity index (χ2n) is 5.40. The summed E-state index contributed by atoms with van der Waals surface area (Å²) in [5.74, 6) is -0.413. The number of hydrogen-bond acceptors (Lipinski definition) is 4. The molecule has 132 valence electrons. The zero-order valence-electron chi connectivity index (χ0n) is 12.9. The van der Waals surface area contributed by atoms with Gasteiger partial charge in [-0.15, -0.1) is 0 Å².